The molecule has 0 aromatic rings. The van der Waals surface area contributed by atoms with Gasteiger partial charge in [-0.2, -0.15) is 0 Å². The molecule has 1 aliphatic heterocycles. The van der Waals surface area contributed by atoms with E-state index in [9.17, 15) is 24.9 Å². The van der Waals surface area contributed by atoms with Gasteiger partial charge in [0, 0.05) is 0 Å². The molecule has 118 valence electrons. The first-order valence-corrected chi connectivity index (χ1v) is 5.89. The van der Waals surface area contributed by atoms with Crippen molar-refractivity contribution in [2.75, 3.05) is 19.8 Å². The number of carbonyl (C=O) groups excluding carboxylic acids is 2. The minimum Gasteiger partial charge on any atom is -0.499 e. The molecule has 0 radical (unpaired) electrons. The Labute approximate surface area is 119 Å². The summed E-state index contributed by atoms with van der Waals surface area (Å²) >= 11 is 0. The SMILES string of the molecule is C=CCOC1=C(O)C(=O)O[C@]1(C(=O)C(O)CO)[C@@H](O)CO. The Morgan fingerprint density at radius 2 is 2.00 bits per heavy atom. The van der Waals surface area contributed by atoms with Gasteiger partial charge in [0.15, 0.2) is 0 Å². The molecule has 1 rings (SSSR count). The van der Waals surface area contributed by atoms with Crippen LogP contribution in [0.25, 0.3) is 0 Å². The Morgan fingerprint density at radius 3 is 2.48 bits per heavy atom. The molecule has 0 saturated heterocycles. The van der Waals surface area contributed by atoms with E-state index >= 15 is 0 Å². The first-order chi connectivity index (χ1) is 9.86. The predicted octanol–water partition coefficient (Wildman–Crippen LogP) is -2.47. The molecule has 21 heavy (non-hydrogen) atoms. The van der Waals surface area contributed by atoms with Crippen molar-refractivity contribution in [1.29, 1.82) is 0 Å². The van der Waals surface area contributed by atoms with Crippen molar-refractivity contribution in [2.45, 2.75) is 17.8 Å². The van der Waals surface area contributed by atoms with Crippen molar-refractivity contribution < 1.29 is 44.6 Å². The van der Waals surface area contributed by atoms with E-state index in [4.69, 9.17) is 14.9 Å². The van der Waals surface area contributed by atoms with E-state index in [1.165, 1.54) is 6.08 Å². The number of cyclic esters (lactones) is 1. The van der Waals surface area contributed by atoms with Gasteiger partial charge in [0.25, 0.3) is 5.60 Å². The molecule has 1 unspecified atom stereocenters. The zero-order chi connectivity index (χ0) is 16.2. The van der Waals surface area contributed by atoms with Gasteiger partial charge < -0.3 is 35.0 Å². The van der Waals surface area contributed by atoms with Gasteiger partial charge in [0.1, 0.15) is 18.8 Å². The number of ketones is 1. The summed E-state index contributed by atoms with van der Waals surface area (Å²) in [4.78, 5) is 23.6. The molecule has 1 heterocycles. The third-order valence-electron chi connectivity index (χ3n) is 2.83. The highest BCUT2D eigenvalue weighted by molar-refractivity contribution is 6.03. The predicted molar refractivity (Wildman–Crippen MR) is 65.8 cm³/mol. The number of carbonyl (C=O) groups is 2. The van der Waals surface area contributed by atoms with Crippen LogP contribution in [0.5, 0.6) is 0 Å². The first-order valence-electron chi connectivity index (χ1n) is 5.89. The Balaban J connectivity index is 3.39. The zero-order valence-corrected chi connectivity index (χ0v) is 10.9. The number of ether oxygens (including phenoxy) is 2. The number of aliphatic hydroxyl groups is 5. The fourth-order valence-electron chi connectivity index (χ4n) is 1.83. The maximum absolute atomic E-state index is 12.2. The molecule has 0 saturated carbocycles. The van der Waals surface area contributed by atoms with E-state index in [2.05, 4.69) is 11.3 Å². The fourth-order valence-corrected chi connectivity index (χ4v) is 1.83. The number of hydrogen-bond acceptors (Lipinski definition) is 9. The molecular formula is C12H16O9. The molecule has 0 amide bonds. The molecule has 0 aliphatic carbocycles. The van der Waals surface area contributed by atoms with Crippen LogP contribution >= 0.6 is 0 Å². The van der Waals surface area contributed by atoms with Crippen LogP contribution in [0.2, 0.25) is 0 Å². The molecule has 5 N–H and O–H groups in total. The molecule has 0 aromatic carbocycles. The van der Waals surface area contributed by atoms with E-state index in [1.54, 1.807) is 0 Å². The van der Waals surface area contributed by atoms with Crippen molar-refractivity contribution in [3.05, 3.63) is 24.2 Å². The smallest absolute Gasteiger partial charge is 0.378 e. The third-order valence-corrected chi connectivity index (χ3v) is 2.83. The van der Waals surface area contributed by atoms with Crippen LogP contribution < -0.4 is 0 Å². The number of esters is 1. The molecule has 3 atom stereocenters. The summed E-state index contributed by atoms with van der Waals surface area (Å²) in [6.07, 6.45) is -2.81. The quantitative estimate of drug-likeness (QED) is 0.242. The highest BCUT2D eigenvalue weighted by atomic mass is 16.6. The van der Waals surface area contributed by atoms with Crippen molar-refractivity contribution in [3.8, 4) is 0 Å². The Kier molecular flexibility index (Phi) is 5.44. The van der Waals surface area contributed by atoms with Gasteiger partial charge in [-0.1, -0.05) is 12.7 Å². The summed E-state index contributed by atoms with van der Waals surface area (Å²) in [5, 5.41) is 46.8. The lowest BCUT2D eigenvalue weighted by Crippen LogP contribution is -2.58. The Hall–Kier alpha value is -1.94. The number of hydrogen-bond donors (Lipinski definition) is 5. The highest BCUT2D eigenvalue weighted by Gasteiger charge is 2.61. The number of rotatable bonds is 8. The van der Waals surface area contributed by atoms with Gasteiger partial charge in [0.05, 0.1) is 13.2 Å². The molecule has 9 heteroatoms. The second-order valence-electron chi connectivity index (χ2n) is 4.16. The summed E-state index contributed by atoms with van der Waals surface area (Å²) in [7, 11) is 0. The van der Waals surface area contributed by atoms with E-state index in [0.717, 1.165) is 0 Å². The van der Waals surface area contributed by atoms with E-state index in [0.29, 0.717) is 0 Å². The van der Waals surface area contributed by atoms with Crippen LogP contribution in [0, 0.1) is 0 Å². The molecule has 0 bridgehead atoms. The molecule has 1 aliphatic rings. The van der Waals surface area contributed by atoms with E-state index < -0.39 is 54.3 Å². The van der Waals surface area contributed by atoms with Gasteiger partial charge in [-0.15, -0.1) is 0 Å². The van der Waals surface area contributed by atoms with Crippen LogP contribution in [0.3, 0.4) is 0 Å². The lowest BCUT2D eigenvalue weighted by Gasteiger charge is -2.32. The van der Waals surface area contributed by atoms with Crippen molar-refractivity contribution in [2.24, 2.45) is 0 Å². The summed E-state index contributed by atoms with van der Waals surface area (Å²) in [6.45, 7) is 1.02. The van der Waals surface area contributed by atoms with Crippen molar-refractivity contribution >= 4 is 11.8 Å². The number of Topliss-reactive ketones (excluding diaryl/α,β-unsaturated/α-hetero) is 1. The fraction of sp³-hybridized carbons (Fsp3) is 0.500. The van der Waals surface area contributed by atoms with Crippen molar-refractivity contribution in [1.82, 2.24) is 0 Å². The maximum Gasteiger partial charge on any atom is 0.378 e. The normalized spacial score (nSPS) is 24.5. The molecule has 0 aromatic heterocycles. The Bertz CT molecular complexity index is 469. The van der Waals surface area contributed by atoms with Gasteiger partial charge in [-0.05, 0) is 0 Å². The minimum atomic E-state index is -2.64. The van der Waals surface area contributed by atoms with Crippen LogP contribution in [0.4, 0.5) is 0 Å². The second kappa shape index (κ2) is 6.68. The molecular weight excluding hydrogens is 288 g/mol. The third kappa shape index (κ3) is 2.76. The van der Waals surface area contributed by atoms with Crippen LogP contribution in [-0.4, -0.2) is 74.9 Å². The topological polar surface area (TPSA) is 154 Å². The highest BCUT2D eigenvalue weighted by Crippen LogP contribution is 2.37. The monoisotopic (exact) mass is 304 g/mol. The van der Waals surface area contributed by atoms with E-state index in [1.807, 2.05) is 0 Å². The summed E-state index contributed by atoms with van der Waals surface area (Å²) in [5.74, 6) is -4.56. The lowest BCUT2D eigenvalue weighted by atomic mass is 9.87. The zero-order valence-electron chi connectivity index (χ0n) is 10.9. The summed E-state index contributed by atoms with van der Waals surface area (Å²) in [6, 6.07) is 0. The largest absolute Gasteiger partial charge is 0.499 e. The van der Waals surface area contributed by atoms with Crippen LogP contribution in [0.1, 0.15) is 0 Å². The van der Waals surface area contributed by atoms with Crippen LogP contribution in [0.15, 0.2) is 24.2 Å². The minimum absolute atomic E-state index is 0.252. The summed E-state index contributed by atoms with van der Waals surface area (Å²) in [5.41, 5.74) is -2.64. The molecule has 0 spiro atoms. The Morgan fingerprint density at radius 1 is 1.38 bits per heavy atom. The average molecular weight is 304 g/mol. The summed E-state index contributed by atoms with van der Waals surface area (Å²) < 4.78 is 9.63. The van der Waals surface area contributed by atoms with Gasteiger partial charge >= 0.3 is 5.97 Å². The maximum atomic E-state index is 12.2. The standard InChI is InChI=1S/C12H16O9/c1-2-3-20-10-8(17)11(19)21-12(10,7(16)5-14)9(18)6(15)4-13/h2,6-7,13-17H,1,3-5H2/t6?,7-,12-/m0/s1. The lowest BCUT2D eigenvalue weighted by molar-refractivity contribution is -0.179. The second-order valence-corrected chi connectivity index (χ2v) is 4.16. The molecule has 0 fully saturated rings. The first kappa shape index (κ1) is 17.1. The number of aliphatic hydroxyl groups excluding tert-OH is 5. The van der Waals surface area contributed by atoms with Crippen molar-refractivity contribution in [3.63, 3.8) is 0 Å². The van der Waals surface area contributed by atoms with Crippen LogP contribution in [-0.2, 0) is 19.1 Å². The van der Waals surface area contributed by atoms with Gasteiger partial charge in [0.2, 0.25) is 17.3 Å². The van der Waals surface area contributed by atoms with Gasteiger partial charge in [-0.25, -0.2) is 4.79 Å². The molecule has 9 nitrogen and oxygen atoms in total. The van der Waals surface area contributed by atoms with Gasteiger partial charge in [-0.3, -0.25) is 4.79 Å². The average Bonchev–Trinajstić information content (AvgIpc) is 2.75. The van der Waals surface area contributed by atoms with E-state index in [-0.39, 0.29) is 6.61 Å².